The van der Waals surface area contributed by atoms with Crippen molar-refractivity contribution in [3.05, 3.63) is 0 Å². The van der Waals surface area contributed by atoms with Gasteiger partial charge in [-0.3, -0.25) is 0 Å². The summed E-state index contributed by atoms with van der Waals surface area (Å²) in [5, 5.41) is 0. The Morgan fingerprint density at radius 1 is 1.40 bits per heavy atom. The second kappa shape index (κ2) is 2.91. The van der Waals surface area contributed by atoms with Crippen LogP contribution in [0.5, 0.6) is 0 Å². The molecule has 1 aliphatic rings. The summed E-state index contributed by atoms with van der Waals surface area (Å²) >= 11 is 0. The fraction of sp³-hybridized carbons (Fsp3) is 1.00. The van der Waals surface area contributed by atoms with Gasteiger partial charge in [-0.1, -0.05) is 13.3 Å². The standard InChI is InChI=1S/C9H20N/c1-4-5-6-7-10(3)8-9(10)2/h9H,4-8H2,1-3H3/q+1. The number of hydrogen-bond acceptors (Lipinski definition) is 0. The Balaban J connectivity index is 2.03. The van der Waals surface area contributed by atoms with Crippen molar-refractivity contribution in [3.8, 4) is 0 Å². The largest absolute Gasteiger partial charge is 0.314 e. The fourth-order valence-electron chi connectivity index (χ4n) is 1.59. The maximum atomic E-state index is 2.38. The summed E-state index contributed by atoms with van der Waals surface area (Å²) < 4.78 is 1.35. The lowest BCUT2D eigenvalue weighted by atomic mass is 10.2. The van der Waals surface area contributed by atoms with Crippen LogP contribution in [0.25, 0.3) is 0 Å². The van der Waals surface area contributed by atoms with E-state index in [9.17, 15) is 0 Å². The van der Waals surface area contributed by atoms with Gasteiger partial charge in [-0.15, -0.1) is 0 Å². The normalized spacial score (nSPS) is 38.1. The van der Waals surface area contributed by atoms with Crippen molar-refractivity contribution >= 4 is 0 Å². The van der Waals surface area contributed by atoms with Gasteiger partial charge in [-0.05, 0) is 19.8 Å². The van der Waals surface area contributed by atoms with Gasteiger partial charge >= 0.3 is 0 Å². The van der Waals surface area contributed by atoms with E-state index in [1.54, 1.807) is 0 Å². The Morgan fingerprint density at radius 3 is 2.40 bits per heavy atom. The maximum absolute atomic E-state index is 2.38. The number of nitrogens with zero attached hydrogens (tertiary/aromatic N) is 1. The zero-order valence-corrected chi connectivity index (χ0v) is 7.56. The summed E-state index contributed by atoms with van der Waals surface area (Å²) in [6.07, 6.45) is 4.20. The van der Waals surface area contributed by atoms with E-state index in [2.05, 4.69) is 20.9 Å². The molecule has 0 bridgehead atoms. The smallest absolute Gasteiger partial charge is 0.136 e. The van der Waals surface area contributed by atoms with Crippen LogP contribution >= 0.6 is 0 Å². The minimum atomic E-state index is 0.955. The van der Waals surface area contributed by atoms with E-state index < -0.39 is 0 Å². The highest BCUT2D eigenvalue weighted by molar-refractivity contribution is 4.65. The van der Waals surface area contributed by atoms with Gasteiger partial charge in [0.25, 0.3) is 0 Å². The quantitative estimate of drug-likeness (QED) is 0.320. The molecule has 2 unspecified atom stereocenters. The molecule has 1 fully saturated rings. The molecule has 1 nitrogen and oxygen atoms in total. The van der Waals surface area contributed by atoms with Gasteiger partial charge in [0.1, 0.15) is 12.6 Å². The van der Waals surface area contributed by atoms with E-state index in [1.165, 1.54) is 36.8 Å². The second-order valence-corrected chi connectivity index (χ2v) is 3.94. The van der Waals surface area contributed by atoms with Gasteiger partial charge < -0.3 is 4.48 Å². The molecule has 0 aromatic rings. The summed E-state index contributed by atoms with van der Waals surface area (Å²) in [5.74, 6) is 0. The van der Waals surface area contributed by atoms with Crippen molar-refractivity contribution in [2.45, 2.75) is 39.2 Å². The topological polar surface area (TPSA) is 0 Å². The van der Waals surface area contributed by atoms with Crippen LogP contribution in [0.2, 0.25) is 0 Å². The van der Waals surface area contributed by atoms with Crippen molar-refractivity contribution < 1.29 is 4.48 Å². The lowest BCUT2D eigenvalue weighted by Gasteiger charge is -2.12. The van der Waals surface area contributed by atoms with Gasteiger partial charge in [0, 0.05) is 0 Å². The Hall–Kier alpha value is -0.0400. The van der Waals surface area contributed by atoms with Crippen LogP contribution in [-0.4, -0.2) is 30.7 Å². The van der Waals surface area contributed by atoms with Crippen molar-refractivity contribution in [1.29, 1.82) is 0 Å². The van der Waals surface area contributed by atoms with Crippen molar-refractivity contribution in [2.75, 3.05) is 20.1 Å². The third-order valence-corrected chi connectivity index (χ3v) is 2.88. The van der Waals surface area contributed by atoms with Crippen LogP contribution in [0.3, 0.4) is 0 Å². The van der Waals surface area contributed by atoms with E-state index in [1.807, 2.05) is 0 Å². The van der Waals surface area contributed by atoms with Crippen molar-refractivity contribution in [3.63, 3.8) is 0 Å². The van der Waals surface area contributed by atoms with Crippen LogP contribution in [0.15, 0.2) is 0 Å². The summed E-state index contributed by atoms with van der Waals surface area (Å²) in [6.45, 7) is 7.45. The van der Waals surface area contributed by atoms with E-state index >= 15 is 0 Å². The molecule has 1 rings (SSSR count). The lowest BCUT2D eigenvalue weighted by Crippen LogP contribution is -2.23. The average Bonchev–Trinajstić information content (AvgIpc) is 2.42. The van der Waals surface area contributed by atoms with Gasteiger partial charge in [-0.2, -0.15) is 0 Å². The molecule has 10 heavy (non-hydrogen) atoms. The summed E-state index contributed by atoms with van der Waals surface area (Å²) in [7, 11) is 2.38. The molecule has 0 aromatic heterocycles. The number of rotatable bonds is 4. The molecule has 1 saturated heterocycles. The molecule has 1 heterocycles. The van der Waals surface area contributed by atoms with E-state index in [4.69, 9.17) is 0 Å². The first kappa shape index (κ1) is 8.06. The summed E-state index contributed by atoms with van der Waals surface area (Å²) in [4.78, 5) is 0. The summed E-state index contributed by atoms with van der Waals surface area (Å²) in [6, 6.07) is 0.955. The molecular formula is C9H20N+. The van der Waals surface area contributed by atoms with Crippen LogP contribution in [0.1, 0.15) is 33.1 Å². The minimum absolute atomic E-state index is 0.955. The zero-order valence-electron chi connectivity index (χ0n) is 7.56. The molecule has 0 saturated carbocycles. The molecule has 0 spiro atoms. The molecule has 60 valence electrons. The maximum Gasteiger partial charge on any atom is 0.136 e. The van der Waals surface area contributed by atoms with Crippen molar-refractivity contribution in [1.82, 2.24) is 0 Å². The molecule has 0 aliphatic carbocycles. The monoisotopic (exact) mass is 142 g/mol. The Kier molecular flexibility index (Phi) is 2.35. The number of quaternary nitrogens is 1. The number of unbranched alkanes of at least 4 members (excludes halogenated alkanes) is 2. The van der Waals surface area contributed by atoms with Crippen LogP contribution in [0, 0.1) is 0 Å². The fourth-order valence-corrected chi connectivity index (χ4v) is 1.59. The zero-order chi connectivity index (χ0) is 7.61. The van der Waals surface area contributed by atoms with E-state index in [0.29, 0.717) is 0 Å². The third kappa shape index (κ3) is 1.72. The first-order valence-corrected chi connectivity index (χ1v) is 4.53. The Morgan fingerprint density at radius 2 is 2.00 bits per heavy atom. The van der Waals surface area contributed by atoms with E-state index in [-0.39, 0.29) is 0 Å². The predicted molar refractivity (Wildman–Crippen MR) is 44.9 cm³/mol. The molecule has 1 aliphatic heterocycles. The average molecular weight is 142 g/mol. The highest BCUT2D eigenvalue weighted by Crippen LogP contribution is 2.27. The van der Waals surface area contributed by atoms with Gasteiger partial charge in [0.05, 0.1) is 13.6 Å². The Labute approximate surface area is 64.6 Å². The molecular weight excluding hydrogens is 122 g/mol. The molecule has 2 atom stereocenters. The predicted octanol–water partition coefficient (Wildman–Crippen LogP) is 2.03. The van der Waals surface area contributed by atoms with Gasteiger partial charge in [0.15, 0.2) is 0 Å². The molecule has 0 aromatic carbocycles. The van der Waals surface area contributed by atoms with Crippen LogP contribution in [0.4, 0.5) is 0 Å². The van der Waals surface area contributed by atoms with Gasteiger partial charge in [-0.25, -0.2) is 0 Å². The highest BCUT2D eigenvalue weighted by atomic mass is 15.5. The van der Waals surface area contributed by atoms with E-state index in [0.717, 1.165) is 6.04 Å². The Bertz CT molecular complexity index is 111. The first-order valence-electron chi connectivity index (χ1n) is 4.53. The van der Waals surface area contributed by atoms with Crippen LogP contribution < -0.4 is 0 Å². The SMILES string of the molecule is CCCCC[N+]1(C)CC1C. The molecule has 0 amide bonds. The van der Waals surface area contributed by atoms with Gasteiger partial charge in [0.2, 0.25) is 0 Å². The van der Waals surface area contributed by atoms with Crippen molar-refractivity contribution in [2.24, 2.45) is 0 Å². The first-order chi connectivity index (χ1) is 4.69. The molecule has 0 N–H and O–H groups in total. The summed E-state index contributed by atoms with van der Waals surface area (Å²) in [5.41, 5.74) is 0. The minimum Gasteiger partial charge on any atom is -0.314 e. The molecule has 0 radical (unpaired) electrons. The highest BCUT2D eigenvalue weighted by Gasteiger charge is 2.46. The lowest BCUT2D eigenvalue weighted by molar-refractivity contribution is -0.791. The van der Waals surface area contributed by atoms with Crippen LogP contribution in [-0.2, 0) is 0 Å². The molecule has 1 heteroatoms. The number of hydrogen-bond donors (Lipinski definition) is 0. The number of likely N-dealkylation sites (N-methyl/N-ethyl adjacent to an activating group) is 1. The second-order valence-electron chi connectivity index (χ2n) is 3.94. The third-order valence-electron chi connectivity index (χ3n) is 2.88.